The molecule has 1 fully saturated rings. The van der Waals surface area contributed by atoms with E-state index in [9.17, 15) is 0 Å². The number of aromatic nitrogens is 4. The number of fused-ring (bicyclic) bond motifs is 1. The van der Waals surface area contributed by atoms with E-state index in [2.05, 4.69) is 15.3 Å². The van der Waals surface area contributed by atoms with Crippen LogP contribution in [0.25, 0.3) is 5.65 Å². The van der Waals surface area contributed by atoms with Gasteiger partial charge in [0.1, 0.15) is 6.10 Å². The molecule has 0 bridgehead atoms. The molecule has 2 aromatic rings. The molecule has 2 aromatic heterocycles. The highest BCUT2D eigenvalue weighted by atomic mass is 16.5. The highest BCUT2D eigenvalue weighted by Crippen LogP contribution is 2.25. The lowest BCUT2D eigenvalue weighted by atomic mass is 10.4. The number of nitrogens with zero attached hydrogens (tertiary/aromatic N) is 4. The Labute approximate surface area is 101 Å². The summed E-state index contributed by atoms with van der Waals surface area (Å²) in [5.41, 5.74) is 0.773. The summed E-state index contributed by atoms with van der Waals surface area (Å²) in [5.74, 6) is 1.53. The first kappa shape index (κ1) is 11.8. The predicted octanol–water partition coefficient (Wildman–Crippen LogP) is 2.25. The Morgan fingerprint density at radius 1 is 1.29 bits per heavy atom. The molecule has 1 saturated carbocycles. The van der Waals surface area contributed by atoms with Gasteiger partial charge >= 0.3 is 0 Å². The first-order valence-corrected chi connectivity index (χ1v) is 6.25. The number of hydrogen-bond acceptors (Lipinski definition) is 4. The Morgan fingerprint density at radius 3 is 2.71 bits per heavy atom. The Morgan fingerprint density at radius 2 is 2.06 bits per heavy atom. The fourth-order valence-electron chi connectivity index (χ4n) is 1.46. The van der Waals surface area contributed by atoms with Gasteiger partial charge in [0.25, 0.3) is 0 Å². The molecule has 2 heterocycles. The van der Waals surface area contributed by atoms with E-state index in [0.717, 1.165) is 30.7 Å². The highest BCUT2D eigenvalue weighted by molar-refractivity contribution is 5.37. The van der Waals surface area contributed by atoms with Crippen LogP contribution in [-0.2, 0) is 6.42 Å². The van der Waals surface area contributed by atoms with Crippen molar-refractivity contribution in [2.45, 2.75) is 46.1 Å². The van der Waals surface area contributed by atoms with E-state index in [0.29, 0.717) is 12.0 Å². The maximum absolute atomic E-state index is 5.61. The van der Waals surface area contributed by atoms with Crippen molar-refractivity contribution in [3.8, 4) is 5.88 Å². The Bertz CT molecular complexity index is 490. The van der Waals surface area contributed by atoms with Crippen LogP contribution < -0.4 is 4.74 Å². The monoisotopic (exact) mass is 234 g/mol. The Balaban J connectivity index is 0.000000514. The fourth-order valence-corrected chi connectivity index (χ4v) is 1.46. The quantitative estimate of drug-likeness (QED) is 0.817. The minimum atomic E-state index is 0.372. The van der Waals surface area contributed by atoms with E-state index in [1.807, 2.05) is 32.9 Å². The van der Waals surface area contributed by atoms with Gasteiger partial charge < -0.3 is 4.74 Å². The zero-order valence-corrected chi connectivity index (χ0v) is 10.6. The van der Waals surface area contributed by atoms with Crippen LogP contribution in [0.3, 0.4) is 0 Å². The SMILES string of the molecule is CC.CCc1nnc2ccc(OC3CC3)nn12. The summed E-state index contributed by atoms with van der Waals surface area (Å²) >= 11 is 0. The van der Waals surface area contributed by atoms with E-state index in [-0.39, 0.29) is 0 Å². The molecule has 17 heavy (non-hydrogen) atoms. The Hall–Kier alpha value is -1.65. The molecule has 1 aliphatic carbocycles. The molecule has 0 aliphatic heterocycles. The van der Waals surface area contributed by atoms with Crippen LogP contribution in [0.4, 0.5) is 0 Å². The second kappa shape index (κ2) is 5.12. The summed E-state index contributed by atoms with van der Waals surface area (Å²) in [5, 5.41) is 12.4. The van der Waals surface area contributed by atoms with Crippen molar-refractivity contribution in [2.75, 3.05) is 0 Å². The second-order valence-corrected chi connectivity index (χ2v) is 3.73. The standard InChI is InChI=1S/C10H12N4O.C2H6/c1-2-8-11-12-9-5-6-10(13-14(8)9)15-7-3-4-7;1-2/h5-7H,2-4H2,1H3;1-2H3. The molecule has 5 nitrogen and oxygen atoms in total. The van der Waals surface area contributed by atoms with Crippen molar-refractivity contribution in [1.82, 2.24) is 19.8 Å². The van der Waals surface area contributed by atoms with Gasteiger partial charge in [-0.25, -0.2) is 0 Å². The molecule has 1 aliphatic rings. The minimum absolute atomic E-state index is 0.372. The number of ether oxygens (including phenoxy) is 1. The van der Waals surface area contributed by atoms with E-state index < -0.39 is 0 Å². The van der Waals surface area contributed by atoms with Gasteiger partial charge in [-0.15, -0.1) is 15.3 Å². The van der Waals surface area contributed by atoms with Gasteiger partial charge in [-0.3, -0.25) is 0 Å². The average Bonchev–Trinajstić information content (AvgIpc) is 3.10. The lowest BCUT2D eigenvalue weighted by Crippen LogP contribution is -2.03. The molecular formula is C12H18N4O. The zero-order valence-electron chi connectivity index (χ0n) is 10.6. The van der Waals surface area contributed by atoms with Gasteiger partial charge in [-0.1, -0.05) is 20.8 Å². The van der Waals surface area contributed by atoms with E-state index in [1.165, 1.54) is 0 Å². The maximum atomic E-state index is 5.61. The molecule has 0 atom stereocenters. The Kier molecular flexibility index (Phi) is 3.56. The summed E-state index contributed by atoms with van der Waals surface area (Å²) in [4.78, 5) is 0. The van der Waals surface area contributed by atoms with Crippen LogP contribution in [0.5, 0.6) is 5.88 Å². The first-order chi connectivity index (χ1) is 8.36. The molecule has 0 unspecified atom stereocenters. The summed E-state index contributed by atoms with van der Waals surface area (Å²) < 4.78 is 7.36. The van der Waals surface area contributed by atoms with Gasteiger partial charge in [0.15, 0.2) is 11.5 Å². The molecule has 3 rings (SSSR count). The van der Waals surface area contributed by atoms with Crippen molar-refractivity contribution in [3.63, 3.8) is 0 Å². The maximum Gasteiger partial charge on any atom is 0.232 e. The third-order valence-corrected chi connectivity index (χ3v) is 2.43. The van der Waals surface area contributed by atoms with Crippen LogP contribution >= 0.6 is 0 Å². The average molecular weight is 234 g/mol. The lowest BCUT2D eigenvalue weighted by Gasteiger charge is -2.03. The molecule has 0 radical (unpaired) electrons. The molecule has 0 amide bonds. The molecule has 92 valence electrons. The van der Waals surface area contributed by atoms with Gasteiger partial charge in [0, 0.05) is 12.5 Å². The summed E-state index contributed by atoms with van der Waals surface area (Å²) in [6.07, 6.45) is 3.48. The first-order valence-electron chi connectivity index (χ1n) is 6.25. The van der Waals surface area contributed by atoms with Crippen LogP contribution in [0.15, 0.2) is 12.1 Å². The zero-order chi connectivity index (χ0) is 12.3. The van der Waals surface area contributed by atoms with Crippen molar-refractivity contribution in [2.24, 2.45) is 0 Å². The van der Waals surface area contributed by atoms with E-state index in [4.69, 9.17) is 4.74 Å². The number of rotatable bonds is 3. The molecule has 0 aromatic carbocycles. The largest absolute Gasteiger partial charge is 0.473 e. The number of aryl methyl sites for hydroxylation is 1. The van der Waals surface area contributed by atoms with Crippen molar-refractivity contribution in [3.05, 3.63) is 18.0 Å². The van der Waals surface area contributed by atoms with Gasteiger partial charge in [-0.2, -0.15) is 4.52 Å². The normalized spacial score (nSPS) is 14.3. The molecule has 0 saturated heterocycles. The van der Waals surface area contributed by atoms with Crippen molar-refractivity contribution < 1.29 is 4.74 Å². The van der Waals surface area contributed by atoms with Gasteiger partial charge in [-0.05, 0) is 18.9 Å². The van der Waals surface area contributed by atoms with Gasteiger partial charge in [0.05, 0.1) is 0 Å². The van der Waals surface area contributed by atoms with Crippen LogP contribution in [-0.4, -0.2) is 25.9 Å². The molecular weight excluding hydrogens is 216 g/mol. The fraction of sp³-hybridized carbons (Fsp3) is 0.583. The third-order valence-electron chi connectivity index (χ3n) is 2.43. The van der Waals surface area contributed by atoms with Crippen molar-refractivity contribution >= 4 is 5.65 Å². The summed E-state index contributed by atoms with van der Waals surface area (Å²) in [7, 11) is 0. The predicted molar refractivity (Wildman–Crippen MR) is 65.2 cm³/mol. The second-order valence-electron chi connectivity index (χ2n) is 3.73. The highest BCUT2D eigenvalue weighted by Gasteiger charge is 2.24. The topological polar surface area (TPSA) is 52.3 Å². The lowest BCUT2D eigenvalue weighted by molar-refractivity contribution is 0.286. The molecule has 0 spiro atoms. The van der Waals surface area contributed by atoms with E-state index >= 15 is 0 Å². The van der Waals surface area contributed by atoms with Crippen LogP contribution in [0.2, 0.25) is 0 Å². The summed E-state index contributed by atoms with van der Waals surface area (Å²) in [6, 6.07) is 3.73. The van der Waals surface area contributed by atoms with Gasteiger partial charge in [0.2, 0.25) is 5.88 Å². The van der Waals surface area contributed by atoms with Crippen LogP contribution in [0.1, 0.15) is 39.4 Å². The number of hydrogen-bond donors (Lipinski definition) is 0. The van der Waals surface area contributed by atoms with Crippen molar-refractivity contribution in [1.29, 1.82) is 0 Å². The summed E-state index contributed by atoms with van der Waals surface area (Å²) in [6.45, 7) is 6.03. The smallest absolute Gasteiger partial charge is 0.232 e. The molecule has 0 N–H and O–H groups in total. The van der Waals surface area contributed by atoms with E-state index in [1.54, 1.807) is 4.52 Å². The third kappa shape index (κ3) is 2.54. The minimum Gasteiger partial charge on any atom is -0.473 e. The van der Waals surface area contributed by atoms with Crippen LogP contribution in [0, 0.1) is 0 Å². The molecule has 5 heteroatoms.